The van der Waals surface area contributed by atoms with Crippen molar-refractivity contribution in [1.82, 2.24) is 4.90 Å². The summed E-state index contributed by atoms with van der Waals surface area (Å²) < 4.78 is 5.81. The number of nitrogens with two attached hydrogens (primary N) is 1. The van der Waals surface area contributed by atoms with Gasteiger partial charge in [-0.25, -0.2) is 0 Å². The van der Waals surface area contributed by atoms with Gasteiger partial charge in [-0.05, 0) is 40.1 Å². The van der Waals surface area contributed by atoms with Gasteiger partial charge in [0, 0.05) is 10.9 Å². The van der Waals surface area contributed by atoms with Crippen LogP contribution in [0.25, 0.3) is 11.0 Å². The third-order valence-electron chi connectivity index (χ3n) is 3.74. The highest BCUT2D eigenvalue weighted by molar-refractivity contribution is 6.34. The zero-order chi connectivity index (χ0) is 13.5. The van der Waals surface area contributed by atoms with Crippen molar-refractivity contribution in [2.45, 2.75) is 25.4 Å². The van der Waals surface area contributed by atoms with Crippen molar-refractivity contribution in [2.75, 3.05) is 14.1 Å². The third kappa shape index (κ3) is 2.14. The minimum atomic E-state index is -0.212. The Labute approximate surface area is 113 Å². The maximum atomic E-state index is 6.31. The molecular formula is C14H19ClN2O. The fraction of sp³-hybridized carbons (Fsp3) is 0.429. The first kappa shape index (κ1) is 13.4. The number of furan rings is 1. The Morgan fingerprint density at radius 2 is 2.00 bits per heavy atom. The standard InChI is InChI=1S/C14H19ClN2O/c1-14(2,17(3)4)13(16)11-8-9-6-5-7-10(15)12(9)18-11/h5-8,13H,16H2,1-4H3. The number of para-hydroxylation sites is 1. The minimum absolute atomic E-state index is 0.194. The van der Waals surface area contributed by atoms with E-state index in [0.717, 1.165) is 11.1 Å². The fourth-order valence-electron chi connectivity index (χ4n) is 1.83. The van der Waals surface area contributed by atoms with Gasteiger partial charge in [-0.15, -0.1) is 0 Å². The molecule has 0 aliphatic carbocycles. The lowest BCUT2D eigenvalue weighted by Crippen LogP contribution is -2.47. The molecule has 98 valence electrons. The summed E-state index contributed by atoms with van der Waals surface area (Å²) in [5, 5.41) is 1.61. The highest BCUT2D eigenvalue weighted by Gasteiger charge is 2.32. The van der Waals surface area contributed by atoms with E-state index in [1.807, 2.05) is 38.4 Å². The Morgan fingerprint density at radius 1 is 1.33 bits per heavy atom. The second-order valence-corrected chi connectivity index (χ2v) is 5.74. The van der Waals surface area contributed by atoms with Gasteiger partial charge in [0.2, 0.25) is 0 Å². The molecule has 4 heteroatoms. The van der Waals surface area contributed by atoms with Crippen LogP contribution in [0.4, 0.5) is 0 Å². The first-order valence-electron chi connectivity index (χ1n) is 5.95. The highest BCUT2D eigenvalue weighted by Crippen LogP contribution is 2.33. The van der Waals surface area contributed by atoms with Crippen LogP contribution in [0, 0.1) is 0 Å². The summed E-state index contributed by atoms with van der Waals surface area (Å²) in [6.45, 7) is 4.18. The number of nitrogens with zero attached hydrogens (tertiary/aromatic N) is 1. The normalized spacial score (nSPS) is 14.4. The SMILES string of the molecule is CN(C)C(C)(C)C(N)c1cc2cccc(Cl)c2o1. The maximum absolute atomic E-state index is 6.31. The van der Waals surface area contributed by atoms with Crippen LogP contribution in [0.15, 0.2) is 28.7 Å². The predicted molar refractivity (Wildman–Crippen MR) is 75.9 cm³/mol. The Balaban J connectivity index is 2.46. The van der Waals surface area contributed by atoms with Gasteiger partial charge >= 0.3 is 0 Å². The van der Waals surface area contributed by atoms with Gasteiger partial charge in [0.25, 0.3) is 0 Å². The summed E-state index contributed by atoms with van der Waals surface area (Å²) in [6, 6.07) is 7.46. The van der Waals surface area contributed by atoms with Gasteiger partial charge in [-0.3, -0.25) is 0 Å². The topological polar surface area (TPSA) is 42.4 Å². The van der Waals surface area contributed by atoms with E-state index in [-0.39, 0.29) is 11.6 Å². The van der Waals surface area contributed by atoms with E-state index in [1.165, 1.54) is 0 Å². The van der Waals surface area contributed by atoms with Crippen LogP contribution in [0.5, 0.6) is 0 Å². The average Bonchev–Trinajstić information content (AvgIpc) is 2.73. The molecule has 1 aromatic carbocycles. The summed E-state index contributed by atoms with van der Waals surface area (Å²) in [5.41, 5.74) is 6.82. The molecular weight excluding hydrogens is 248 g/mol. The molecule has 0 bridgehead atoms. The summed E-state index contributed by atoms with van der Waals surface area (Å²) in [4.78, 5) is 2.09. The van der Waals surface area contributed by atoms with Crippen LogP contribution in [-0.2, 0) is 0 Å². The zero-order valence-corrected chi connectivity index (χ0v) is 12.0. The molecule has 1 unspecified atom stereocenters. The minimum Gasteiger partial charge on any atom is -0.458 e. The fourth-order valence-corrected chi connectivity index (χ4v) is 2.05. The lowest BCUT2D eigenvalue weighted by Gasteiger charge is -2.36. The third-order valence-corrected chi connectivity index (χ3v) is 4.03. The summed E-state index contributed by atoms with van der Waals surface area (Å²) in [6.07, 6.45) is 0. The molecule has 1 aromatic heterocycles. The molecule has 0 aliphatic heterocycles. The highest BCUT2D eigenvalue weighted by atomic mass is 35.5. The van der Waals surface area contributed by atoms with Gasteiger partial charge in [0.05, 0.1) is 11.1 Å². The summed E-state index contributed by atoms with van der Waals surface area (Å²) in [5.74, 6) is 0.761. The smallest absolute Gasteiger partial charge is 0.152 e. The van der Waals surface area contributed by atoms with Crippen LogP contribution in [0.3, 0.4) is 0 Å². The van der Waals surface area contributed by atoms with Crippen molar-refractivity contribution in [1.29, 1.82) is 0 Å². The van der Waals surface area contributed by atoms with Crippen molar-refractivity contribution in [3.05, 3.63) is 35.0 Å². The van der Waals surface area contributed by atoms with Crippen molar-refractivity contribution in [3.63, 3.8) is 0 Å². The van der Waals surface area contributed by atoms with Crippen LogP contribution in [0.1, 0.15) is 25.6 Å². The van der Waals surface area contributed by atoms with Crippen molar-refractivity contribution >= 4 is 22.6 Å². The summed E-state index contributed by atoms with van der Waals surface area (Å²) >= 11 is 6.11. The number of fused-ring (bicyclic) bond motifs is 1. The molecule has 2 rings (SSSR count). The average molecular weight is 267 g/mol. The van der Waals surface area contributed by atoms with Gasteiger partial charge < -0.3 is 15.1 Å². The second-order valence-electron chi connectivity index (χ2n) is 5.33. The van der Waals surface area contributed by atoms with Gasteiger partial charge in [0.15, 0.2) is 5.58 Å². The van der Waals surface area contributed by atoms with E-state index in [9.17, 15) is 0 Å². The maximum Gasteiger partial charge on any atom is 0.152 e. The van der Waals surface area contributed by atoms with E-state index >= 15 is 0 Å². The molecule has 0 saturated heterocycles. The lowest BCUT2D eigenvalue weighted by molar-refractivity contribution is 0.148. The van der Waals surface area contributed by atoms with E-state index in [4.69, 9.17) is 21.8 Å². The van der Waals surface area contributed by atoms with Gasteiger partial charge in [-0.2, -0.15) is 0 Å². The number of hydrogen-bond acceptors (Lipinski definition) is 3. The Hall–Kier alpha value is -1.03. The number of benzene rings is 1. The zero-order valence-electron chi connectivity index (χ0n) is 11.2. The molecule has 0 aliphatic rings. The van der Waals surface area contributed by atoms with Crippen LogP contribution >= 0.6 is 11.6 Å². The number of rotatable bonds is 3. The van der Waals surface area contributed by atoms with Crippen LogP contribution in [0.2, 0.25) is 5.02 Å². The number of hydrogen-bond donors (Lipinski definition) is 1. The molecule has 0 amide bonds. The van der Waals surface area contributed by atoms with Gasteiger partial charge in [0.1, 0.15) is 5.76 Å². The first-order chi connectivity index (χ1) is 8.34. The van der Waals surface area contributed by atoms with E-state index in [2.05, 4.69) is 18.7 Å². The van der Waals surface area contributed by atoms with Gasteiger partial charge in [-0.1, -0.05) is 23.7 Å². The molecule has 1 heterocycles. The number of halogens is 1. The Kier molecular flexibility index (Phi) is 3.41. The molecule has 2 aromatic rings. The largest absolute Gasteiger partial charge is 0.458 e. The molecule has 0 radical (unpaired) electrons. The molecule has 3 nitrogen and oxygen atoms in total. The molecule has 1 atom stereocenters. The van der Waals surface area contributed by atoms with E-state index in [1.54, 1.807) is 0 Å². The molecule has 0 saturated carbocycles. The molecule has 0 fully saturated rings. The van der Waals surface area contributed by atoms with Crippen molar-refractivity contribution < 1.29 is 4.42 Å². The van der Waals surface area contributed by atoms with E-state index < -0.39 is 0 Å². The van der Waals surface area contributed by atoms with Crippen molar-refractivity contribution in [2.24, 2.45) is 5.73 Å². The van der Waals surface area contributed by atoms with Crippen molar-refractivity contribution in [3.8, 4) is 0 Å². The Morgan fingerprint density at radius 3 is 2.56 bits per heavy atom. The quantitative estimate of drug-likeness (QED) is 0.926. The monoisotopic (exact) mass is 266 g/mol. The predicted octanol–water partition coefficient (Wildman–Crippen LogP) is 3.43. The van der Waals surface area contributed by atoms with Crippen LogP contribution < -0.4 is 5.73 Å². The van der Waals surface area contributed by atoms with Crippen LogP contribution in [-0.4, -0.2) is 24.5 Å². The second kappa shape index (κ2) is 4.57. The summed E-state index contributed by atoms with van der Waals surface area (Å²) in [7, 11) is 4.02. The molecule has 0 spiro atoms. The number of likely N-dealkylation sites (N-methyl/N-ethyl adjacent to an activating group) is 1. The molecule has 2 N–H and O–H groups in total. The van der Waals surface area contributed by atoms with E-state index in [0.29, 0.717) is 10.6 Å². The molecule has 18 heavy (non-hydrogen) atoms. The first-order valence-corrected chi connectivity index (χ1v) is 6.33. The lowest BCUT2D eigenvalue weighted by atomic mass is 9.92. The Bertz CT molecular complexity index is 560.